The number of aliphatic imine (C=N–C) groups is 1. The molecule has 1 aliphatic heterocycles. The van der Waals surface area contributed by atoms with E-state index in [1.807, 2.05) is 31.2 Å². The van der Waals surface area contributed by atoms with Crippen LogP contribution in [-0.2, 0) is 13.1 Å². The number of nitrogens with one attached hydrogen (secondary N) is 2. The van der Waals surface area contributed by atoms with Gasteiger partial charge in [0.25, 0.3) is 5.69 Å². The number of nitrogens with zero attached hydrogens (tertiary/aromatic N) is 2. The second kappa shape index (κ2) is 8.19. The van der Waals surface area contributed by atoms with Crippen LogP contribution in [0.25, 0.3) is 0 Å². The minimum atomic E-state index is -0.406. The minimum Gasteiger partial charge on any atom is -0.454 e. The molecule has 0 aliphatic carbocycles. The molecule has 2 aromatic rings. The van der Waals surface area contributed by atoms with E-state index >= 15 is 0 Å². The Morgan fingerprint density at radius 2 is 2.00 bits per heavy atom. The molecule has 0 unspecified atom stereocenters. The molecule has 0 bridgehead atoms. The first kappa shape index (κ1) is 17.5. The van der Waals surface area contributed by atoms with Gasteiger partial charge in [0.1, 0.15) is 0 Å². The number of hydrogen-bond acceptors (Lipinski definition) is 5. The van der Waals surface area contributed by atoms with Crippen LogP contribution in [0.3, 0.4) is 0 Å². The smallest absolute Gasteiger partial charge is 0.269 e. The maximum atomic E-state index is 10.9. The Labute approximate surface area is 151 Å². The second-order valence-electron chi connectivity index (χ2n) is 5.66. The van der Waals surface area contributed by atoms with Gasteiger partial charge in [-0.05, 0) is 30.2 Å². The summed E-state index contributed by atoms with van der Waals surface area (Å²) in [5, 5.41) is 17.3. The van der Waals surface area contributed by atoms with Gasteiger partial charge in [-0.2, -0.15) is 0 Å². The normalized spacial score (nSPS) is 12.7. The molecule has 3 rings (SSSR count). The van der Waals surface area contributed by atoms with E-state index < -0.39 is 4.92 Å². The zero-order chi connectivity index (χ0) is 18.4. The molecule has 8 nitrogen and oxygen atoms in total. The molecular formula is C18H20N4O4. The molecule has 2 N–H and O–H groups in total. The molecular weight excluding hydrogens is 336 g/mol. The summed E-state index contributed by atoms with van der Waals surface area (Å²) in [5.74, 6) is 2.12. The van der Waals surface area contributed by atoms with Crippen molar-refractivity contribution >= 4 is 11.6 Å². The van der Waals surface area contributed by atoms with Crippen LogP contribution in [0, 0.1) is 10.1 Å². The summed E-state index contributed by atoms with van der Waals surface area (Å²) < 4.78 is 10.7. The van der Waals surface area contributed by atoms with Gasteiger partial charge < -0.3 is 20.1 Å². The van der Waals surface area contributed by atoms with Crippen LogP contribution >= 0.6 is 0 Å². The maximum absolute atomic E-state index is 10.9. The van der Waals surface area contributed by atoms with E-state index in [-0.39, 0.29) is 12.5 Å². The summed E-state index contributed by atoms with van der Waals surface area (Å²) in [6.07, 6.45) is 0. The molecule has 8 heteroatoms. The summed E-state index contributed by atoms with van der Waals surface area (Å²) >= 11 is 0. The summed E-state index contributed by atoms with van der Waals surface area (Å²) in [7, 11) is 0. The average Bonchev–Trinajstić information content (AvgIpc) is 3.12. The van der Waals surface area contributed by atoms with Gasteiger partial charge in [-0.1, -0.05) is 18.2 Å². The van der Waals surface area contributed by atoms with Crippen LogP contribution in [0.4, 0.5) is 5.69 Å². The fourth-order valence-electron chi connectivity index (χ4n) is 2.52. The molecule has 0 saturated heterocycles. The van der Waals surface area contributed by atoms with Gasteiger partial charge in [-0.15, -0.1) is 0 Å². The summed E-state index contributed by atoms with van der Waals surface area (Å²) in [6, 6.07) is 12.3. The lowest BCUT2D eigenvalue weighted by Crippen LogP contribution is -2.36. The van der Waals surface area contributed by atoms with Crippen molar-refractivity contribution in [2.75, 3.05) is 13.3 Å². The average molecular weight is 356 g/mol. The van der Waals surface area contributed by atoms with Gasteiger partial charge in [-0.3, -0.25) is 10.1 Å². The number of fused-ring (bicyclic) bond motifs is 1. The van der Waals surface area contributed by atoms with Gasteiger partial charge in [0.15, 0.2) is 17.5 Å². The number of guanidine groups is 1. The number of rotatable bonds is 6. The zero-order valence-electron chi connectivity index (χ0n) is 14.4. The largest absolute Gasteiger partial charge is 0.454 e. The predicted molar refractivity (Wildman–Crippen MR) is 97.3 cm³/mol. The molecule has 0 radical (unpaired) electrons. The van der Waals surface area contributed by atoms with Gasteiger partial charge in [-0.25, -0.2) is 4.99 Å². The maximum Gasteiger partial charge on any atom is 0.269 e. The van der Waals surface area contributed by atoms with Crippen molar-refractivity contribution in [3.63, 3.8) is 0 Å². The fraction of sp³-hybridized carbons (Fsp3) is 0.278. The standard InChI is InChI=1S/C18H20N4O4/c1-2-19-18(20-10-13-4-3-5-15(8-13)22(23)24)21-11-14-6-7-16-17(9-14)26-12-25-16/h3-9H,2,10-12H2,1H3,(H2,19,20,21). The van der Waals surface area contributed by atoms with E-state index in [2.05, 4.69) is 15.6 Å². The number of nitro benzene ring substituents is 1. The van der Waals surface area contributed by atoms with Crippen LogP contribution in [0.1, 0.15) is 18.1 Å². The van der Waals surface area contributed by atoms with Crippen LogP contribution in [0.15, 0.2) is 47.5 Å². The Hall–Kier alpha value is -3.29. The minimum absolute atomic E-state index is 0.0658. The quantitative estimate of drug-likeness (QED) is 0.357. The van der Waals surface area contributed by atoms with Crippen molar-refractivity contribution in [3.8, 4) is 11.5 Å². The third-order valence-electron chi connectivity index (χ3n) is 3.78. The molecule has 1 aliphatic rings. The van der Waals surface area contributed by atoms with E-state index in [0.717, 1.165) is 22.6 Å². The van der Waals surface area contributed by atoms with E-state index in [4.69, 9.17) is 9.47 Å². The Morgan fingerprint density at radius 1 is 1.15 bits per heavy atom. The fourth-order valence-corrected chi connectivity index (χ4v) is 2.52. The number of ether oxygens (including phenoxy) is 2. The van der Waals surface area contributed by atoms with E-state index in [9.17, 15) is 10.1 Å². The molecule has 0 spiro atoms. The summed E-state index contributed by atoms with van der Waals surface area (Å²) in [4.78, 5) is 14.9. The summed E-state index contributed by atoms with van der Waals surface area (Å²) in [5.41, 5.74) is 1.88. The molecule has 136 valence electrons. The predicted octanol–water partition coefficient (Wildman–Crippen LogP) is 2.58. The molecule has 0 atom stereocenters. The molecule has 0 saturated carbocycles. The van der Waals surface area contributed by atoms with Gasteiger partial charge in [0.05, 0.1) is 11.5 Å². The Kier molecular flexibility index (Phi) is 5.52. The Bertz CT molecular complexity index is 823. The first-order chi connectivity index (χ1) is 12.7. The third-order valence-corrected chi connectivity index (χ3v) is 3.78. The van der Waals surface area contributed by atoms with Crippen molar-refractivity contribution in [3.05, 3.63) is 63.7 Å². The van der Waals surface area contributed by atoms with Crippen LogP contribution < -0.4 is 20.1 Å². The van der Waals surface area contributed by atoms with Crippen LogP contribution in [0.2, 0.25) is 0 Å². The highest BCUT2D eigenvalue weighted by Gasteiger charge is 2.13. The molecule has 2 aromatic carbocycles. The van der Waals surface area contributed by atoms with Gasteiger partial charge in [0, 0.05) is 25.2 Å². The molecule has 0 fully saturated rings. The lowest BCUT2D eigenvalue weighted by atomic mass is 10.2. The van der Waals surface area contributed by atoms with E-state index in [1.54, 1.807) is 6.07 Å². The van der Waals surface area contributed by atoms with Crippen molar-refractivity contribution in [1.82, 2.24) is 10.6 Å². The monoisotopic (exact) mass is 356 g/mol. The topological polar surface area (TPSA) is 98.0 Å². The highest BCUT2D eigenvalue weighted by molar-refractivity contribution is 5.79. The number of hydrogen-bond donors (Lipinski definition) is 2. The number of non-ortho nitro benzene ring substituents is 1. The molecule has 26 heavy (non-hydrogen) atoms. The first-order valence-electron chi connectivity index (χ1n) is 8.29. The molecule has 1 heterocycles. The highest BCUT2D eigenvalue weighted by Crippen LogP contribution is 2.32. The van der Waals surface area contributed by atoms with Crippen LogP contribution in [0.5, 0.6) is 11.5 Å². The van der Waals surface area contributed by atoms with Crippen molar-refractivity contribution in [2.24, 2.45) is 4.99 Å². The van der Waals surface area contributed by atoms with Gasteiger partial charge in [0.2, 0.25) is 6.79 Å². The molecule has 0 amide bonds. The lowest BCUT2D eigenvalue weighted by molar-refractivity contribution is -0.384. The number of nitro groups is 1. The second-order valence-corrected chi connectivity index (χ2v) is 5.66. The Balaban J connectivity index is 1.64. The third kappa shape index (κ3) is 4.41. The van der Waals surface area contributed by atoms with Crippen LogP contribution in [-0.4, -0.2) is 24.2 Å². The zero-order valence-corrected chi connectivity index (χ0v) is 14.4. The summed E-state index contributed by atoms with van der Waals surface area (Å²) in [6.45, 7) is 3.85. The molecule has 0 aromatic heterocycles. The first-order valence-corrected chi connectivity index (χ1v) is 8.29. The van der Waals surface area contributed by atoms with Crippen molar-refractivity contribution in [1.29, 1.82) is 0 Å². The van der Waals surface area contributed by atoms with E-state index in [1.165, 1.54) is 12.1 Å². The van der Waals surface area contributed by atoms with Gasteiger partial charge >= 0.3 is 0 Å². The number of benzene rings is 2. The Morgan fingerprint density at radius 3 is 2.81 bits per heavy atom. The highest BCUT2D eigenvalue weighted by atomic mass is 16.7. The SMILES string of the molecule is CCNC(=NCc1cccc([N+](=O)[O-])c1)NCc1ccc2c(c1)OCO2. The van der Waals surface area contributed by atoms with E-state index in [0.29, 0.717) is 25.6 Å². The van der Waals surface area contributed by atoms with Crippen molar-refractivity contribution < 1.29 is 14.4 Å². The lowest BCUT2D eigenvalue weighted by Gasteiger charge is -2.11. The van der Waals surface area contributed by atoms with Crippen molar-refractivity contribution in [2.45, 2.75) is 20.0 Å².